The van der Waals surface area contributed by atoms with Gasteiger partial charge in [-0.15, -0.1) is 0 Å². The lowest BCUT2D eigenvalue weighted by atomic mass is 10.1. The van der Waals surface area contributed by atoms with Gasteiger partial charge >= 0.3 is 0 Å². The Hall–Kier alpha value is -3.26. The minimum atomic E-state index is -0.636. The maximum Gasteiger partial charge on any atom is 0.255 e. The second kappa shape index (κ2) is 11.1. The van der Waals surface area contributed by atoms with Gasteiger partial charge in [0.25, 0.3) is 11.8 Å². The summed E-state index contributed by atoms with van der Waals surface area (Å²) >= 11 is 0. The highest BCUT2D eigenvalue weighted by molar-refractivity contribution is 5.95. The van der Waals surface area contributed by atoms with Crippen LogP contribution in [-0.2, 0) is 22.7 Å². The van der Waals surface area contributed by atoms with E-state index in [0.29, 0.717) is 18.7 Å². The van der Waals surface area contributed by atoms with Crippen molar-refractivity contribution in [2.75, 3.05) is 20.8 Å². The molecule has 0 aliphatic heterocycles. The Kier molecular flexibility index (Phi) is 8.49. The number of amides is 2. The van der Waals surface area contributed by atoms with Gasteiger partial charge in [-0.1, -0.05) is 24.3 Å². The molecule has 2 aromatic rings. The highest BCUT2D eigenvalue weighted by atomic mass is 16.5. The number of hydrogen-bond donors (Lipinski definition) is 2. The molecule has 2 rings (SSSR count). The Morgan fingerprint density at radius 1 is 1.00 bits per heavy atom. The Balaban J connectivity index is 2.06. The van der Waals surface area contributed by atoms with Crippen molar-refractivity contribution in [1.82, 2.24) is 5.32 Å². The molecule has 0 fully saturated rings. The zero-order chi connectivity index (χ0) is 22.1. The Labute approximate surface area is 176 Å². The monoisotopic (exact) mass is 416 g/mol. The van der Waals surface area contributed by atoms with E-state index in [1.807, 2.05) is 38.1 Å². The van der Waals surface area contributed by atoms with E-state index >= 15 is 0 Å². The van der Waals surface area contributed by atoms with Crippen LogP contribution in [0.2, 0.25) is 0 Å². The first kappa shape index (κ1) is 23.0. The first-order valence-electron chi connectivity index (χ1n) is 9.48. The summed E-state index contributed by atoms with van der Waals surface area (Å²) < 4.78 is 21.5. The van der Waals surface area contributed by atoms with Crippen molar-refractivity contribution in [3.8, 4) is 17.2 Å². The van der Waals surface area contributed by atoms with E-state index in [2.05, 4.69) is 5.32 Å². The molecule has 2 amide bonds. The van der Waals surface area contributed by atoms with E-state index in [-0.39, 0.29) is 35.9 Å². The maximum absolute atomic E-state index is 12.6. The van der Waals surface area contributed by atoms with Crippen molar-refractivity contribution in [1.29, 1.82) is 0 Å². The second-order valence-corrected chi connectivity index (χ2v) is 6.82. The molecule has 8 heteroatoms. The summed E-state index contributed by atoms with van der Waals surface area (Å²) in [6, 6.07) is 10.9. The molecular weight excluding hydrogens is 388 g/mol. The van der Waals surface area contributed by atoms with Gasteiger partial charge in [0.15, 0.2) is 18.1 Å². The molecule has 30 heavy (non-hydrogen) atoms. The first-order chi connectivity index (χ1) is 14.3. The number of nitrogens with two attached hydrogens (primary N) is 1. The first-order valence-corrected chi connectivity index (χ1v) is 9.48. The Bertz CT molecular complexity index is 839. The SMILES string of the molecule is COc1cc(C(=O)NCc2ccc(COC(C)C)cc2)cc(OC)c1OCC(N)=O. The average molecular weight is 416 g/mol. The third kappa shape index (κ3) is 6.66. The fourth-order valence-corrected chi connectivity index (χ4v) is 2.60. The van der Waals surface area contributed by atoms with Gasteiger partial charge in [-0.25, -0.2) is 0 Å². The number of methoxy groups -OCH3 is 2. The van der Waals surface area contributed by atoms with Crippen molar-refractivity contribution in [3.63, 3.8) is 0 Å². The van der Waals surface area contributed by atoms with Crippen LogP contribution in [0.3, 0.4) is 0 Å². The highest BCUT2D eigenvalue weighted by Gasteiger charge is 2.18. The van der Waals surface area contributed by atoms with Gasteiger partial charge in [0.05, 0.1) is 26.9 Å². The van der Waals surface area contributed by atoms with Gasteiger partial charge in [-0.2, -0.15) is 0 Å². The van der Waals surface area contributed by atoms with Crippen molar-refractivity contribution >= 4 is 11.8 Å². The molecule has 0 spiro atoms. The standard InChI is InChI=1S/C22H28N2O6/c1-14(2)29-12-16-7-5-15(6-8-16)11-24-22(26)17-9-18(27-3)21(19(10-17)28-4)30-13-20(23)25/h5-10,14H,11-13H2,1-4H3,(H2,23,25)(H,24,26). The van der Waals surface area contributed by atoms with Crippen LogP contribution in [0.15, 0.2) is 36.4 Å². The van der Waals surface area contributed by atoms with Gasteiger partial charge in [-0.05, 0) is 37.1 Å². The fourth-order valence-electron chi connectivity index (χ4n) is 2.60. The molecule has 8 nitrogen and oxygen atoms in total. The van der Waals surface area contributed by atoms with E-state index in [1.54, 1.807) is 0 Å². The molecule has 2 aromatic carbocycles. The number of hydrogen-bond acceptors (Lipinski definition) is 6. The molecule has 0 saturated heterocycles. The van der Waals surface area contributed by atoms with Gasteiger partial charge < -0.3 is 30.0 Å². The Morgan fingerprint density at radius 3 is 2.07 bits per heavy atom. The number of rotatable bonds is 11. The summed E-state index contributed by atoms with van der Waals surface area (Å²) in [6.45, 7) is 4.55. The van der Waals surface area contributed by atoms with Crippen LogP contribution in [0, 0.1) is 0 Å². The average Bonchev–Trinajstić information content (AvgIpc) is 2.74. The molecular formula is C22H28N2O6. The zero-order valence-corrected chi connectivity index (χ0v) is 17.7. The van der Waals surface area contributed by atoms with Crippen molar-refractivity contribution < 1.29 is 28.5 Å². The summed E-state index contributed by atoms with van der Waals surface area (Å²) in [5.41, 5.74) is 7.47. The minimum absolute atomic E-state index is 0.172. The van der Waals surface area contributed by atoms with E-state index in [1.165, 1.54) is 26.4 Å². The lowest BCUT2D eigenvalue weighted by molar-refractivity contribution is -0.120. The molecule has 3 N–H and O–H groups in total. The predicted molar refractivity (Wildman–Crippen MR) is 112 cm³/mol. The van der Waals surface area contributed by atoms with Crippen LogP contribution in [0.1, 0.15) is 35.3 Å². The number of ether oxygens (including phenoxy) is 4. The predicted octanol–water partition coefficient (Wildman–Crippen LogP) is 2.42. The van der Waals surface area contributed by atoms with Gasteiger partial charge in [0.2, 0.25) is 5.75 Å². The lowest BCUT2D eigenvalue weighted by Crippen LogP contribution is -2.23. The molecule has 0 unspecified atom stereocenters. The quantitative estimate of drug-likeness (QED) is 0.582. The maximum atomic E-state index is 12.6. The van der Waals surface area contributed by atoms with E-state index in [4.69, 9.17) is 24.7 Å². The van der Waals surface area contributed by atoms with Crippen LogP contribution >= 0.6 is 0 Å². The normalized spacial score (nSPS) is 10.6. The Morgan fingerprint density at radius 2 is 1.57 bits per heavy atom. The molecule has 0 aromatic heterocycles. The van der Waals surface area contributed by atoms with E-state index < -0.39 is 5.91 Å². The van der Waals surface area contributed by atoms with Crippen LogP contribution in [0.25, 0.3) is 0 Å². The fraction of sp³-hybridized carbons (Fsp3) is 0.364. The summed E-state index contributed by atoms with van der Waals surface area (Å²) in [4.78, 5) is 23.6. The van der Waals surface area contributed by atoms with E-state index in [9.17, 15) is 9.59 Å². The number of carbonyl (C=O) groups is 2. The largest absolute Gasteiger partial charge is 0.493 e. The number of carbonyl (C=O) groups excluding carboxylic acids is 2. The topological polar surface area (TPSA) is 109 Å². The number of benzene rings is 2. The molecule has 0 saturated carbocycles. The number of primary amides is 1. The molecule has 0 aliphatic carbocycles. The summed E-state index contributed by atoms with van der Waals surface area (Å²) in [6.07, 6.45) is 0.172. The van der Waals surface area contributed by atoms with Crippen LogP contribution in [-0.4, -0.2) is 38.7 Å². The van der Waals surface area contributed by atoms with E-state index in [0.717, 1.165) is 11.1 Å². The smallest absolute Gasteiger partial charge is 0.255 e. The summed E-state index contributed by atoms with van der Waals surface area (Å²) in [5.74, 6) is -0.219. The molecule has 0 atom stereocenters. The molecule has 0 bridgehead atoms. The zero-order valence-electron chi connectivity index (χ0n) is 17.7. The molecule has 162 valence electrons. The van der Waals surface area contributed by atoms with Crippen LogP contribution < -0.4 is 25.3 Å². The van der Waals surface area contributed by atoms with Crippen molar-refractivity contribution in [2.24, 2.45) is 5.73 Å². The summed E-state index contributed by atoms with van der Waals surface area (Å²) in [7, 11) is 2.86. The van der Waals surface area contributed by atoms with Crippen molar-refractivity contribution in [3.05, 3.63) is 53.1 Å². The lowest BCUT2D eigenvalue weighted by Gasteiger charge is -2.15. The third-order valence-corrected chi connectivity index (χ3v) is 4.14. The summed E-state index contributed by atoms with van der Waals surface area (Å²) in [5, 5.41) is 2.86. The molecule has 0 heterocycles. The van der Waals surface area contributed by atoms with Gasteiger partial charge in [0.1, 0.15) is 0 Å². The van der Waals surface area contributed by atoms with Crippen LogP contribution in [0.4, 0.5) is 0 Å². The third-order valence-electron chi connectivity index (χ3n) is 4.14. The van der Waals surface area contributed by atoms with Crippen molar-refractivity contribution in [2.45, 2.75) is 33.1 Å². The van der Waals surface area contributed by atoms with Crippen LogP contribution in [0.5, 0.6) is 17.2 Å². The molecule has 0 aliphatic rings. The molecule has 0 radical (unpaired) electrons. The highest BCUT2D eigenvalue weighted by Crippen LogP contribution is 2.38. The number of nitrogens with one attached hydrogen (secondary N) is 1. The minimum Gasteiger partial charge on any atom is -0.493 e. The second-order valence-electron chi connectivity index (χ2n) is 6.82. The van der Waals surface area contributed by atoms with Gasteiger partial charge in [-0.3, -0.25) is 9.59 Å². The van der Waals surface area contributed by atoms with Gasteiger partial charge in [0, 0.05) is 12.1 Å².